The Morgan fingerprint density at radius 1 is 1.18 bits per heavy atom. The van der Waals surface area contributed by atoms with Gasteiger partial charge in [0, 0.05) is 22.3 Å². The van der Waals surface area contributed by atoms with Gasteiger partial charge in [-0.1, -0.05) is 17.7 Å². The molecule has 1 heterocycles. The molecule has 1 amide bonds. The summed E-state index contributed by atoms with van der Waals surface area (Å²) in [6, 6.07) is 7.17. The molecule has 0 fully saturated rings. The van der Waals surface area contributed by atoms with Gasteiger partial charge in [-0.15, -0.1) is 0 Å². The van der Waals surface area contributed by atoms with E-state index >= 15 is 0 Å². The maximum absolute atomic E-state index is 12.1. The lowest BCUT2D eigenvalue weighted by molar-refractivity contribution is 0.0914. The fourth-order valence-electron chi connectivity index (χ4n) is 1.82. The number of aryl methyl sites for hydroxylation is 1. The summed E-state index contributed by atoms with van der Waals surface area (Å²) in [5, 5.41) is 6.66. The van der Waals surface area contributed by atoms with E-state index in [2.05, 4.69) is 20.6 Å². The molecule has 1 aromatic heterocycles. The molecular weight excluding hydrogens is 300 g/mol. The minimum Gasteiger partial charge on any atom is -0.346 e. The van der Waals surface area contributed by atoms with E-state index in [1.54, 1.807) is 6.07 Å². The fraction of sp³-hybridized carbons (Fsp3) is 0.312. The number of hydrogen-bond donors (Lipinski definition) is 2. The Morgan fingerprint density at radius 3 is 2.59 bits per heavy atom. The Hall–Kier alpha value is -2.14. The van der Waals surface area contributed by atoms with E-state index in [0.717, 1.165) is 11.3 Å². The topological polar surface area (TPSA) is 66.9 Å². The molecule has 2 aromatic rings. The van der Waals surface area contributed by atoms with E-state index in [0.29, 0.717) is 16.5 Å². The summed E-state index contributed by atoms with van der Waals surface area (Å²) in [4.78, 5) is 20.3. The zero-order valence-electron chi connectivity index (χ0n) is 13.1. The van der Waals surface area contributed by atoms with Gasteiger partial charge in [0.25, 0.3) is 5.91 Å². The van der Waals surface area contributed by atoms with Gasteiger partial charge in [0.2, 0.25) is 0 Å². The van der Waals surface area contributed by atoms with Crippen molar-refractivity contribution in [3.05, 3.63) is 46.9 Å². The minimum absolute atomic E-state index is 0.235. The van der Waals surface area contributed by atoms with Crippen LogP contribution in [0, 0.1) is 6.92 Å². The predicted molar refractivity (Wildman–Crippen MR) is 88.7 cm³/mol. The first-order chi connectivity index (χ1) is 10.2. The number of hydrogen-bond acceptors (Lipinski definition) is 4. The minimum atomic E-state index is -0.320. The van der Waals surface area contributed by atoms with Crippen LogP contribution in [0.3, 0.4) is 0 Å². The van der Waals surface area contributed by atoms with Gasteiger partial charge in [0.1, 0.15) is 17.8 Å². The third-order valence-corrected chi connectivity index (χ3v) is 3.09. The van der Waals surface area contributed by atoms with Crippen LogP contribution in [0.5, 0.6) is 0 Å². The van der Waals surface area contributed by atoms with Crippen LogP contribution < -0.4 is 10.6 Å². The molecule has 0 atom stereocenters. The second-order valence-electron chi connectivity index (χ2n) is 6.08. The lowest BCUT2D eigenvalue weighted by Crippen LogP contribution is -2.40. The molecule has 22 heavy (non-hydrogen) atoms. The lowest BCUT2D eigenvalue weighted by Gasteiger charge is -2.20. The molecule has 0 saturated heterocycles. The molecule has 0 radical (unpaired) electrons. The number of rotatable bonds is 3. The fourth-order valence-corrected chi connectivity index (χ4v) is 1.99. The van der Waals surface area contributed by atoms with E-state index in [1.165, 1.54) is 6.33 Å². The number of amides is 1. The Labute approximate surface area is 135 Å². The van der Waals surface area contributed by atoms with Crippen molar-refractivity contribution in [1.29, 1.82) is 0 Å². The third-order valence-electron chi connectivity index (χ3n) is 2.85. The molecule has 0 unspecified atom stereocenters. The smallest absolute Gasteiger partial charge is 0.270 e. The van der Waals surface area contributed by atoms with E-state index in [-0.39, 0.29) is 11.4 Å². The summed E-state index contributed by atoms with van der Waals surface area (Å²) in [6.45, 7) is 7.72. The maximum Gasteiger partial charge on any atom is 0.270 e. The van der Waals surface area contributed by atoms with Crippen LogP contribution in [0.25, 0.3) is 0 Å². The monoisotopic (exact) mass is 318 g/mol. The van der Waals surface area contributed by atoms with Gasteiger partial charge in [-0.05, 0) is 45.4 Å². The average molecular weight is 319 g/mol. The first-order valence-corrected chi connectivity index (χ1v) is 7.30. The first kappa shape index (κ1) is 16.2. The summed E-state index contributed by atoms with van der Waals surface area (Å²) in [6.07, 6.45) is 1.36. The van der Waals surface area contributed by atoms with Crippen molar-refractivity contribution in [2.45, 2.75) is 33.2 Å². The number of nitrogens with one attached hydrogen (secondary N) is 2. The highest BCUT2D eigenvalue weighted by Gasteiger charge is 2.16. The highest BCUT2D eigenvalue weighted by atomic mass is 35.5. The predicted octanol–water partition coefficient (Wildman–Crippen LogP) is 3.71. The largest absolute Gasteiger partial charge is 0.346 e. The van der Waals surface area contributed by atoms with Crippen molar-refractivity contribution < 1.29 is 4.79 Å². The molecule has 0 aliphatic rings. The van der Waals surface area contributed by atoms with E-state index in [4.69, 9.17) is 11.6 Å². The van der Waals surface area contributed by atoms with Crippen LogP contribution in [-0.2, 0) is 0 Å². The van der Waals surface area contributed by atoms with Crippen molar-refractivity contribution in [3.63, 3.8) is 0 Å². The molecule has 5 nitrogen and oxygen atoms in total. The van der Waals surface area contributed by atoms with Crippen molar-refractivity contribution in [3.8, 4) is 0 Å². The Kier molecular flexibility index (Phi) is 4.66. The molecule has 6 heteroatoms. The maximum atomic E-state index is 12.1. The van der Waals surface area contributed by atoms with Crippen molar-refractivity contribution in [2.75, 3.05) is 5.32 Å². The number of carbonyl (C=O) groups is 1. The van der Waals surface area contributed by atoms with Gasteiger partial charge in [-0.25, -0.2) is 9.97 Å². The zero-order valence-corrected chi connectivity index (χ0v) is 13.8. The Bertz CT molecular complexity index is 695. The SMILES string of the molecule is Cc1ccc(Cl)cc1Nc1cc(C(=O)NC(C)(C)C)ncn1. The van der Waals surface area contributed by atoms with Gasteiger partial charge in [0.15, 0.2) is 0 Å². The quantitative estimate of drug-likeness (QED) is 0.905. The van der Waals surface area contributed by atoms with Crippen LogP contribution in [0.1, 0.15) is 36.8 Å². The number of nitrogens with zero attached hydrogens (tertiary/aromatic N) is 2. The zero-order chi connectivity index (χ0) is 16.3. The second kappa shape index (κ2) is 6.32. The highest BCUT2D eigenvalue weighted by Crippen LogP contribution is 2.23. The Balaban J connectivity index is 2.22. The highest BCUT2D eigenvalue weighted by molar-refractivity contribution is 6.30. The number of carbonyl (C=O) groups excluding carboxylic acids is 1. The molecule has 1 aromatic carbocycles. The van der Waals surface area contributed by atoms with Gasteiger partial charge < -0.3 is 10.6 Å². The number of halogens is 1. The molecule has 0 bridgehead atoms. The summed E-state index contributed by atoms with van der Waals surface area (Å²) in [5.41, 5.74) is 1.86. The number of benzene rings is 1. The summed E-state index contributed by atoms with van der Waals surface area (Å²) in [7, 11) is 0. The van der Waals surface area contributed by atoms with Crippen molar-refractivity contribution >= 4 is 29.0 Å². The van der Waals surface area contributed by atoms with Crippen LogP contribution in [0.15, 0.2) is 30.6 Å². The van der Waals surface area contributed by atoms with E-state index in [1.807, 2.05) is 45.9 Å². The molecule has 2 rings (SSSR count). The molecule has 2 N–H and O–H groups in total. The molecule has 0 saturated carbocycles. The molecule has 0 spiro atoms. The molecule has 0 aliphatic carbocycles. The van der Waals surface area contributed by atoms with Crippen LogP contribution in [-0.4, -0.2) is 21.4 Å². The standard InChI is InChI=1S/C16H19ClN4O/c1-10-5-6-11(17)7-12(10)20-14-8-13(18-9-19-14)15(22)21-16(2,3)4/h5-9H,1-4H3,(H,21,22)(H,18,19,20). The van der Waals surface area contributed by atoms with Gasteiger partial charge in [0.05, 0.1) is 0 Å². The van der Waals surface area contributed by atoms with Gasteiger partial charge in [-0.3, -0.25) is 4.79 Å². The van der Waals surface area contributed by atoms with Crippen LogP contribution in [0.4, 0.5) is 11.5 Å². The first-order valence-electron chi connectivity index (χ1n) is 6.92. The van der Waals surface area contributed by atoms with Gasteiger partial charge in [-0.2, -0.15) is 0 Å². The third kappa shape index (κ3) is 4.43. The van der Waals surface area contributed by atoms with E-state index < -0.39 is 0 Å². The van der Waals surface area contributed by atoms with Gasteiger partial charge >= 0.3 is 0 Å². The van der Waals surface area contributed by atoms with Crippen LogP contribution >= 0.6 is 11.6 Å². The molecular formula is C16H19ClN4O. The van der Waals surface area contributed by atoms with Crippen LogP contribution in [0.2, 0.25) is 5.02 Å². The molecule has 116 valence electrons. The number of aromatic nitrogens is 2. The molecule has 0 aliphatic heterocycles. The van der Waals surface area contributed by atoms with Crippen molar-refractivity contribution in [1.82, 2.24) is 15.3 Å². The van der Waals surface area contributed by atoms with Crippen molar-refractivity contribution in [2.24, 2.45) is 0 Å². The van der Waals surface area contributed by atoms with E-state index in [9.17, 15) is 4.79 Å². The Morgan fingerprint density at radius 2 is 1.91 bits per heavy atom. The summed E-state index contributed by atoms with van der Waals surface area (Å²) in [5.74, 6) is 0.306. The normalized spacial score (nSPS) is 11.1. The lowest BCUT2D eigenvalue weighted by atomic mass is 10.1. The number of anilines is 2. The average Bonchev–Trinajstić information content (AvgIpc) is 2.41. The summed E-state index contributed by atoms with van der Waals surface area (Å²) >= 11 is 6.00. The second-order valence-corrected chi connectivity index (χ2v) is 6.51. The summed E-state index contributed by atoms with van der Waals surface area (Å²) < 4.78 is 0.